The second-order valence-electron chi connectivity index (χ2n) is 5.57. The Labute approximate surface area is 116 Å². The standard InChI is InChI=1S/C16H24N2O/c1-12-7-8-15(10-13(12)2)18(3)16(19)11-14-6-4-5-9-17-14/h7-8,10,14,17H,4-6,9,11H2,1-3H3. The first kappa shape index (κ1) is 14.1. The van der Waals surface area contributed by atoms with Gasteiger partial charge < -0.3 is 10.2 Å². The van der Waals surface area contributed by atoms with Crippen LogP contribution in [0.4, 0.5) is 5.69 Å². The first-order valence-electron chi connectivity index (χ1n) is 7.15. The Kier molecular flexibility index (Phi) is 4.59. The van der Waals surface area contributed by atoms with Crippen molar-refractivity contribution in [3.8, 4) is 0 Å². The Morgan fingerprint density at radius 1 is 1.32 bits per heavy atom. The number of carbonyl (C=O) groups is 1. The predicted molar refractivity (Wildman–Crippen MR) is 79.6 cm³/mol. The third-order valence-corrected chi connectivity index (χ3v) is 4.09. The van der Waals surface area contributed by atoms with E-state index in [0.29, 0.717) is 12.5 Å². The van der Waals surface area contributed by atoms with Crippen LogP contribution in [0.2, 0.25) is 0 Å². The van der Waals surface area contributed by atoms with Gasteiger partial charge in [0.1, 0.15) is 0 Å². The van der Waals surface area contributed by atoms with Gasteiger partial charge in [-0.25, -0.2) is 0 Å². The molecule has 3 nitrogen and oxygen atoms in total. The number of piperidine rings is 1. The molecule has 0 saturated carbocycles. The van der Waals surface area contributed by atoms with Crippen molar-refractivity contribution >= 4 is 11.6 Å². The lowest BCUT2D eigenvalue weighted by atomic mass is 10.0. The van der Waals surface area contributed by atoms with Crippen molar-refractivity contribution < 1.29 is 4.79 Å². The summed E-state index contributed by atoms with van der Waals surface area (Å²) in [7, 11) is 1.87. The molecule has 1 atom stereocenters. The lowest BCUT2D eigenvalue weighted by molar-refractivity contribution is -0.118. The SMILES string of the molecule is Cc1ccc(N(C)C(=O)CC2CCCCN2)cc1C. The Morgan fingerprint density at radius 3 is 2.74 bits per heavy atom. The fourth-order valence-corrected chi connectivity index (χ4v) is 2.52. The molecule has 19 heavy (non-hydrogen) atoms. The summed E-state index contributed by atoms with van der Waals surface area (Å²) in [5.74, 6) is 0.197. The molecule has 1 N–H and O–H groups in total. The molecule has 2 rings (SSSR count). The molecule has 0 spiro atoms. The van der Waals surface area contributed by atoms with E-state index in [2.05, 4.69) is 31.3 Å². The molecule has 1 unspecified atom stereocenters. The zero-order valence-electron chi connectivity index (χ0n) is 12.2. The van der Waals surface area contributed by atoms with Crippen molar-refractivity contribution in [3.05, 3.63) is 29.3 Å². The van der Waals surface area contributed by atoms with Crippen LogP contribution in [-0.2, 0) is 4.79 Å². The smallest absolute Gasteiger partial charge is 0.228 e. The Morgan fingerprint density at radius 2 is 2.11 bits per heavy atom. The van der Waals surface area contributed by atoms with Crippen molar-refractivity contribution in [1.29, 1.82) is 0 Å². The molecule has 1 aliphatic rings. The van der Waals surface area contributed by atoms with Crippen LogP contribution in [-0.4, -0.2) is 25.5 Å². The molecule has 0 aliphatic carbocycles. The summed E-state index contributed by atoms with van der Waals surface area (Å²) in [5.41, 5.74) is 3.48. The maximum atomic E-state index is 12.3. The number of nitrogens with zero attached hydrogens (tertiary/aromatic N) is 1. The summed E-state index contributed by atoms with van der Waals surface area (Å²) in [4.78, 5) is 14.1. The maximum absolute atomic E-state index is 12.3. The van der Waals surface area contributed by atoms with Crippen LogP contribution in [0, 0.1) is 13.8 Å². The van der Waals surface area contributed by atoms with Gasteiger partial charge in [0.25, 0.3) is 0 Å². The molecule has 0 aromatic heterocycles. The molecule has 3 heteroatoms. The van der Waals surface area contributed by atoms with Gasteiger partial charge in [-0.05, 0) is 56.5 Å². The Bertz CT molecular complexity index is 450. The second kappa shape index (κ2) is 6.20. The van der Waals surface area contributed by atoms with E-state index >= 15 is 0 Å². The molecule has 1 saturated heterocycles. The van der Waals surface area contributed by atoms with Gasteiger partial charge in [-0.15, -0.1) is 0 Å². The van der Waals surface area contributed by atoms with E-state index in [4.69, 9.17) is 0 Å². The van der Waals surface area contributed by atoms with Gasteiger partial charge in [0.05, 0.1) is 0 Å². The minimum Gasteiger partial charge on any atom is -0.315 e. The molecular formula is C16H24N2O. The fraction of sp³-hybridized carbons (Fsp3) is 0.562. The first-order valence-corrected chi connectivity index (χ1v) is 7.15. The van der Waals surface area contributed by atoms with Gasteiger partial charge in [-0.3, -0.25) is 4.79 Å². The monoisotopic (exact) mass is 260 g/mol. The zero-order valence-corrected chi connectivity index (χ0v) is 12.2. The number of aryl methyl sites for hydroxylation is 2. The summed E-state index contributed by atoms with van der Waals surface area (Å²) in [6.07, 6.45) is 4.19. The molecule has 0 bridgehead atoms. The number of nitrogens with one attached hydrogen (secondary N) is 1. The van der Waals surface area contributed by atoms with E-state index in [1.165, 1.54) is 24.0 Å². The molecule has 1 fully saturated rings. The minimum absolute atomic E-state index is 0.197. The van der Waals surface area contributed by atoms with Crippen molar-refractivity contribution in [2.45, 2.75) is 45.6 Å². The predicted octanol–water partition coefficient (Wildman–Crippen LogP) is 2.80. The van der Waals surface area contributed by atoms with Crippen molar-refractivity contribution in [2.24, 2.45) is 0 Å². The van der Waals surface area contributed by atoms with E-state index < -0.39 is 0 Å². The van der Waals surface area contributed by atoms with Crippen LogP contribution in [0.3, 0.4) is 0 Å². The van der Waals surface area contributed by atoms with Crippen LogP contribution in [0.25, 0.3) is 0 Å². The van der Waals surface area contributed by atoms with E-state index in [1.807, 2.05) is 13.1 Å². The normalized spacial score (nSPS) is 19.2. The minimum atomic E-state index is 0.197. The number of amides is 1. The van der Waals surface area contributed by atoms with Crippen LogP contribution in [0.5, 0.6) is 0 Å². The van der Waals surface area contributed by atoms with Crippen molar-refractivity contribution in [3.63, 3.8) is 0 Å². The Balaban J connectivity index is 1.99. The third-order valence-electron chi connectivity index (χ3n) is 4.09. The summed E-state index contributed by atoms with van der Waals surface area (Å²) >= 11 is 0. The number of benzene rings is 1. The number of anilines is 1. The maximum Gasteiger partial charge on any atom is 0.228 e. The van der Waals surface area contributed by atoms with E-state index in [0.717, 1.165) is 18.7 Å². The third kappa shape index (κ3) is 3.57. The quantitative estimate of drug-likeness (QED) is 0.906. The number of hydrogen-bond donors (Lipinski definition) is 1. The average Bonchev–Trinajstić information content (AvgIpc) is 2.42. The highest BCUT2D eigenvalue weighted by Crippen LogP contribution is 2.19. The van der Waals surface area contributed by atoms with Crippen LogP contribution in [0.1, 0.15) is 36.8 Å². The highest BCUT2D eigenvalue weighted by molar-refractivity contribution is 5.93. The summed E-state index contributed by atoms with van der Waals surface area (Å²) < 4.78 is 0. The molecule has 0 radical (unpaired) electrons. The molecule has 1 aromatic carbocycles. The number of rotatable bonds is 3. The highest BCUT2D eigenvalue weighted by atomic mass is 16.2. The van der Waals surface area contributed by atoms with Crippen molar-refractivity contribution in [1.82, 2.24) is 5.32 Å². The fourth-order valence-electron chi connectivity index (χ4n) is 2.52. The van der Waals surface area contributed by atoms with Gasteiger partial charge in [0.2, 0.25) is 5.91 Å². The summed E-state index contributed by atoms with van der Waals surface area (Å²) in [5, 5.41) is 3.43. The Hall–Kier alpha value is -1.35. The van der Waals surface area contributed by atoms with E-state index in [-0.39, 0.29) is 5.91 Å². The van der Waals surface area contributed by atoms with Crippen LogP contribution < -0.4 is 10.2 Å². The molecule has 1 aromatic rings. The van der Waals surface area contributed by atoms with Gasteiger partial charge in [0, 0.05) is 25.2 Å². The van der Waals surface area contributed by atoms with Gasteiger partial charge in [-0.2, -0.15) is 0 Å². The van der Waals surface area contributed by atoms with Gasteiger partial charge in [0.15, 0.2) is 0 Å². The average molecular weight is 260 g/mol. The van der Waals surface area contributed by atoms with Crippen molar-refractivity contribution in [2.75, 3.05) is 18.5 Å². The second-order valence-corrected chi connectivity index (χ2v) is 5.57. The lowest BCUT2D eigenvalue weighted by Gasteiger charge is -2.26. The molecule has 104 valence electrons. The van der Waals surface area contributed by atoms with E-state index in [9.17, 15) is 4.79 Å². The van der Waals surface area contributed by atoms with Gasteiger partial charge in [-0.1, -0.05) is 12.5 Å². The number of carbonyl (C=O) groups excluding carboxylic acids is 1. The van der Waals surface area contributed by atoms with E-state index in [1.54, 1.807) is 4.90 Å². The number of hydrogen-bond acceptors (Lipinski definition) is 2. The molecule has 1 aliphatic heterocycles. The molecule has 1 amide bonds. The lowest BCUT2D eigenvalue weighted by Crippen LogP contribution is -2.39. The topological polar surface area (TPSA) is 32.3 Å². The van der Waals surface area contributed by atoms with Crippen LogP contribution in [0.15, 0.2) is 18.2 Å². The van der Waals surface area contributed by atoms with Crippen LogP contribution >= 0.6 is 0 Å². The highest BCUT2D eigenvalue weighted by Gasteiger charge is 2.19. The molecular weight excluding hydrogens is 236 g/mol. The largest absolute Gasteiger partial charge is 0.315 e. The summed E-state index contributed by atoms with van der Waals surface area (Å²) in [6, 6.07) is 6.54. The van der Waals surface area contributed by atoms with Gasteiger partial charge >= 0.3 is 0 Å². The molecule has 1 heterocycles. The first-order chi connectivity index (χ1) is 9.08. The summed E-state index contributed by atoms with van der Waals surface area (Å²) in [6.45, 7) is 5.22. The zero-order chi connectivity index (χ0) is 13.8.